The van der Waals surface area contributed by atoms with Crippen LogP contribution in [0.5, 0.6) is 0 Å². The lowest BCUT2D eigenvalue weighted by atomic mass is 9.64. The molecule has 1 atom stereocenters. The van der Waals surface area contributed by atoms with E-state index in [1.165, 1.54) is 12.1 Å². The molecule has 0 spiro atoms. The summed E-state index contributed by atoms with van der Waals surface area (Å²) in [4.78, 5) is 12.4. The monoisotopic (exact) mass is 279 g/mol. The van der Waals surface area contributed by atoms with Crippen molar-refractivity contribution >= 4 is 5.91 Å². The molecule has 0 radical (unpaired) electrons. The van der Waals surface area contributed by atoms with Crippen LogP contribution >= 0.6 is 0 Å². The topological polar surface area (TPSA) is 49.3 Å². The zero-order chi connectivity index (χ0) is 14.6. The smallest absolute Gasteiger partial charge is 0.230 e. The second-order valence-corrected chi connectivity index (χ2v) is 5.60. The van der Waals surface area contributed by atoms with E-state index in [2.05, 4.69) is 5.32 Å². The SMILES string of the molecule is CCCC(O)CNC(=O)C1(c2ccc(F)cc2)CCC1. The van der Waals surface area contributed by atoms with Gasteiger partial charge in [0.2, 0.25) is 5.91 Å². The molecule has 1 saturated carbocycles. The fourth-order valence-corrected chi connectivity index (χ4v) is 2.76. The molecule has 1 fully saturated rings. The van der Waals surface area contributed by atoms with Crippen LogP contribution in [0.25, 0.3) is 0 Å². The summed E-state index contributed by atoms with van der Waals surface area (Å²) >= 11 is 0. The van der Waals surface area contributed by atoms with Gasteiger partial charge >= 0.3 is 0 Å². The van der Waals surface area contributed by atoms with Crippen molar-refractivity contribution in [1.29, 1.82) is 0 Å². The highest BCUT2D eigenvalue weighted by molar-refractivity contribution is 5.89. The van der Waals surface area contributed by atoms with Crippen molar-refractivity contribution in [3.63, 3.8) is 0 Å². The highest BCUT2D eigenvalue weighted by atomic mass is 19.1. The third kappa shape index (κ3) is 3.01. The van der Waals surface area contributed by atoms with Gasteiger partial charge in [-0.05, 0) is 37.0 Å². The van der Waals surface area contributed by atoms with E-state index in [0.717, 1.165) is 31.2 Å². The predicted octanol–water partition coefficient (Wildman–Crippen LogP) is 2.52. The first-order valence-electron chi connectivity index (χ1n) is 7.31. The van der Waals surface area contributed by atoms with Gasteiger partial charge < -0.3 is 10.4 Å². The molecule has 110 valence electrons. The summed E-state index contributed by atoms with van der Waals surface area (Å²) in [5, 5.41) is 12.5. The van der Waals surface area contributed by atoms with E-state index in [1.54, 1.807) is 12.1 Å². The van der Waals surface area contributed by atoms with E-state index >= 15 is 0 Å². The van der Waals surface area contributed by atoms with E-state index in [-0.39, 0.29) is 18.3 Å². The standard InChI is InChI=1S/C16H22FNO2/c1-2-4-14(19)11-18-15(20)16(9-3-10-16)12-5-7-13(17)8-6-12/h5-8,14,19H,2-4,9-11H2,1H3,(H,18,20). The van der Waals surface area contributed by atoms with Crippen molar-refractivity contribution < 1.29 is 14.3 Å². The number of carbonyl (C=O) groups is 1. The summed E-state index contributed by atoms with van der Waals surface area (Å²) in [5.74, 6) is -0.340. The second-order valence-electron chi connectivity index (χ2n) is 5.60. The molecular weight excluding hydrogens is 257 g/mol. The maximum absolute atomic E-state index is 13.0. The first-order valence-corrected chi connectivity index (χ1v) is 7.31. The number of hydrogen-bond acceptors (Lipinski definition) is 2. The average molecular weight is 279 g/mol. The summed E-state index contributed by atoms with van der Waals surface area (Å²) in [6.45, 7) is 2.28. The molecule has 0 bridgehead atoms. The molecule has 4 heteroatoms. The fraction of sp³-hybridized carbons (Fsp3) is 0.562. The van der Waals surface area contributed by atoms with Crippen LogP contribution in [0.4, 0.5) is 4.39 Å². The maximum Gasteiger partial charge on any atom is 0.230 e. The molecule has 0 aliphatic heterocycles. The number of aliphatic hydroxyl groups excluding tert-OH is 1. The number of hydrogen-bond donors (Lipinski definition) is 2. The third-order valence-electron chi connectivity index (χ3n) is 4.16. The summed E-state index contributed by atoms with van der Waals surface area (Å²) < 4.78 is 13.0. The molecule has 0 heterocycles. The number of aliphatic hydroxyl groups is 1. The van der Waals surface area contributed by atoms with Gasteiger partial charge in [0.05, 0.1) is 11.5 Å². The zero-order valence-corrected chi connectivity index (χ0v) is 11.9. The van der Waals surface area contributed by atoms with Crippen LogP contribution in [0.3, 0.4) is 0 Å². The maximum atomic E-state index is 13.0. The molecule has 1 aromatic rings. The number of amides is 1. The van der Waals surface area contributed by atoms with Crippen LogP contribution in [0.15, 0.2) is 24.3 Å². The Kier molecular flexibility index (Phi) is 4.76. The predicted molar refractivity (Wildman–Crippen MR) is 75.9 cm³/mol. The minimum atomic E-state index is -0.528. The molecule has 1 aliphatic carbocycles. The second kappa shape index (κ2) is 6.35. The van der Waals surface area contributed by atoms with Crippen LogP contribution in [-0.4, -0.2) is 23.7 Å². The van der Waals surface area contributed by atoms with Gasteiger partial charge in [-0.1, -0.05) is 31.9 Å². The number of nitrogens with one attached hydrogen (secondary N) is 1. The van der Waals surface area contributed by atoms with Crippen molar-refractivity contribution in [2.75, 3.05) is 6.54 Å². The van der Waals surface area contributed by atoms with Gasteiger partial charge in [0.1, 0.15) is 5.82 Å². The van der Waals surface area contributed by atoms with Crippen molar-refractivity contribution in [2.24, 2.45) is 0 Å². The lowest BCUT2D eigenvalue weighted by Crippen LogP contribution is -2.50. The van der Waals surface area contributed by atoms with Gasteiger partial charge in [0.15, 0.2) is 0 Å². The summed E-state index contributed by atoms with van der Waals surface area (Å²) in [5.41, 5.74) is 0.340. The number of halogens is 1. The lowest BCUT2D eigenvalue weighted by Gasteiger charge is -2.41. The van der Waals surface area contributed by atoms with Crippen LogP contribution in [0.1, 0.15) is 44.6 Å². The van der Waals surface area contributed by atoms with E-state index in [4.69, 9.17) is 0 Å². The first kappa shape index (κ1) is 15.0. The molecule has 1 unspecified atom stereocenters. The van der Waals surface area contributed by atoms with Gasteiger partial charge in [0, 0.05) is 6.54 Å². The minimum Gasteiger partial charge on any atom is -0.391 e. The highest BCUT2D eigenvalue weighted by Gasteiger charge is 2.45. The van der Waals surface area contributed by atoms with Gasteiger partial charge in [0.25, 0.3) is 0 Å². The molecule has 0 saturated heterocycles. The van der Waals surface area contributed by atoms with Crippen molar-refractivity contribution in [1.82, 2.24) is 5.32 Å². The van der Waals surface area contributed by atoms with Gasteiger partial charge in [-0.2, -0.15) is 0 Å². The Morgan fingerprint density at radius 1 is 1.40 bits per heavy atom. The van der Waals surface area contributed by atoms with Gasteiger partial charge in [-0.15, -0.1) is 0 Å². The van der Waals surface area contributed by atoms with Crippen LogP contribution in [0.2, 0.25) is 0 Å². The first-order chi connectivity index (χ1) is 9.58. The van der Waals surface area contributed by atoms with Crippen LogP contribution < -0.4 is 5.32 Å². The van der Waals surface area contributed by atoms with E-state index in [1.807, 2.05) is 6.92 Å². The molecule has 0 aromatic heterocycles. The molecule has 3 nitrogen and oxygen atoms in total. The Morgan fingerprint density at radius 3 is 2.55 bits per heavy atom. The third-order valence-corrected chi connectivity index (χ3v) is 4.16. The Hall–Kier alpha value is -1.42. The number of carbonyl (C=O) groups excluding carboxylic acids is 1. The zero-order valence-electron chi connectivity index (χ0n) is 11.9. The molecule has 2 rings (SSSR count). The summed E-state index contributed by atoms with van der Waals surface area (Å²) in [6.07, 6.45) is 3.66. The quantitative estimate of drug-likeness (QED) is 0.840. The number of rotatable bonds is 6. The Labute approximate surface area is 119 Å². The molecule has 1 amide bonds. The van der Waals surface area contributed by atoms with E-state index in [9.17, 15) is 14.3 Å². The minimum absolute atomic E-state index is 0.0505. The highest BCUT2D eigenvalue weighted by Crippen LogP contribution is 2.43. The molecule has 20 heavy (non-hydrogen) atoms. The average Bonchev–Trinajstić information content (AvgIpc) is 2.38. The van der Waals surface area contributed by atoms with E-state index in [0.29, 0.717) is 6.42 Å². The Bertz CT molecular complexity index is 454. The molecule has 2 N–H and O–H groups in total. The van der Waals surface area contributed by atoms with Crippen LogP contribution in [0, 0.1) is 5.82 Å². The Balaban J connectivity index is 2.03. The molecule has 1 aliphatic rings. The number of benzene rings is 1. The summed E-state index contributed by atoms with van der Waals surface area (Å²) in [6, 6.07) is 6.18. The lowest BCUT2D eigenvalue weighted by molar-refractivity contribution is -0.130. The summed E-state index contributed by atoms with van der Waals surface area (Å²) in [7, 11) is 0. The van der Waals surface area contributed by atoms with Gasteiger partial charge in [-0.3, -0.25) is 4.79 Å². The molecular formula is C16H22FNO2. The largest absolute Gasteiger partial charge is 0.391 e. The van der Waals surface area contributed by atoms with E-state index < -0.39 is 11.5 Å². The fourth-order valence-electron chi connectivity index (χ4n) is 2.76. The van der Waals surface area contributed by atoms with Gasteiger partial charge in [-0.25, -0.2) is 4.39 Å². The van der Waals surface area contributed by atoms with Crippen molar-refractivity contribution in [2.45, 2.75) is 50.5 Å². The molecule has 1 aromatic carbocycles. The van der Waals surface area contributed by atoms with Crippen molar-refractivity contribution in [3.8, 4) is 0 Å². The Morgan fingerprint density at radius 2 is 2.05 bits per heavy atom. The normalized spacial score (nSPS) is 18.1. The van der Waals surface area contributed by atoms with Crippen LogP contribution in [-0.2, 0) is 10.2 Å². The van der Waals surface area contributed by atoms with Crippen molar-refractivity contribution in [3.05, 3.63) is 35.6 Å².